The van der Waals surface area contributed by atoms with Crippen LogP contribution in [0.4, 0.5) is 0 Å². The Labute approximate surface area is 211 Å². The summed E-state index contributed by atoms with van der Waals surface area (Å²) >= 11 is 0. The fourth-order valence-corrected chi connectivity index (χ4v) is 6.39. The number of carbonyl (C=O) groups is 3. The molecule has 0 radical (unpaired) electrons. The molecule has 3 aliphatic rings. The number of fused-ring (bicyclic) bond motifs is 1. The highest BCUT2D eigenvalue weighted by molar-refractivity contribution is 5.99. The van der Waals surface area contributed by atoms with Crippen LogP contribution in [0.1, 0.15) is 37.3 Å². The van der Waals surface area contributed by atoms with Gasteiger partial charge in [-0.15, -0.1) is 0 Å². The maximum atomic E-state index is 13.8. The lowest BCUT2D eigenvalue weighted by molar-refractivity contribution is -0.146. The van der Waals surface area contributed by atoms with Crippen LogP contribution in [0.3, 0.4) is 0 Å². The summed E-state index contributed by atoms with van der Waals surface area (Å²) in [5.41, 5.74) is 0.0436. The van der Waals surface area contributed by atoms with Crippen LogP contribution in [-0.4, -0.2) is 58.1 Å². The number of nitrogens with one attached hydrogen (secondary N) is 2. The van der Waals surface area contributed by atoms with Gasteiger partial charge in [0.25, 0.3) is 0 Å². The molecular formula is C28H33N3O5. The van der Waals surface area contributed by atoms with Gasteiger partial charge < -0.3 is 25.4 Å². The lowest BCUT2D eigenvalue weighted by Crippen LogP contribution is -2.55. The first-order chi connectivity index (χ1) is 17.4. The van der Waals surface area contributed by atoms with Gasteiger partial charge in [0, 0.05) is 26.2 Å². The van der Waals surface area contributed by atoms with Gasteiger partial charge in [-0.1, -0.05) is 60.7 Å². The first-order valence-corrected chi connectivity index (χ1v) is 12.6. The lowest BCUT2D eigenvalue weighted by atomic mass is 9.66. The summed E-state index contributed by atoms with van der Waals surface area (Å²) < 4.78 is 6.58. The number of carbonyl (C=O) groups excluding carboxylic acids is 3. The molecular weight excluding hydrogens is 458 g/mol. The van der Waals surface area contributed by atoms with Crippen LogP contribution in [0.15, 0.2) is 60.7 Å². The van der Waals surface area contributed by atoms with Crippen LogP contribution in [0, 0.1) is 11.8 Å². The van der Waals surface area contributed by atoms with Gasteiger partial charge in [0.05, 0.1) is 17.4 Å². The normalized spacial score (nSPS) is 30.3. The highest BCUT2D eigenvalue weighted by Gasteiger charge is 2.77. The van der Waals surface area contributed by atoms with E-state index in [0.29, 0.717) is 32.4 Å². The molecule has 8 heteroatoms. The highest BCUT2D eigenvalue weighted by atomic mass is 16.5. The van der Waals surface area contributed by atoms with E-state index in [1.54, 1.807) is 0 Å². The second-order valence-electron chi connectivity index (χ2n) is 10.2. The first-order valence-electron chi connectivity index (χ1n) is 12.6. The van der Waals surface area contributed by atoms with Crippen LogP contribution in [0.5, 0.6) is 0 Å². The van der Waals surface area contributed by atoms with E-state index in [1.807, 2.05) is 67.6 Å². The van der Waals surface area contributed by atoms with Crippen molar-refractivity contribution in [2.75, 3.05) is 13.2 Å². The molecule has 3 saturated heterocycles. The van der Waals surface area contributed by atoms with Crippen molar-refractivity contribution in [2.45, 2.75) is 56.5 Å². The number of ether oxygens (including phenoxy) is 1. The molecule has 0 aromatic heterocycles. The summed E-state index contributed by atoms with van der Waals surface area (Å²) in [4.78, 5) is 42.4. The third kappa shape index (κ3) is 4.08. The first kappa shape index (κ1) is 24.5. The van der Waals surface area contributed by atoms with Gasteiger partial charge in [0.15, 0.2) is 0 Å². The smallest absolute Gasteiger partial charge is 0.246 e. The predicted octanol–water partition coefficient (Wildman–Crippen LogP) is 1.77. The van der Waals surface area contributed by atoms with Crippen molar-refractivity contribution in [3.63, 3.8) is 0 Å². The summed E-state index contributed by atoms with van der Waals surface area (Å²) in [7, 11) is 0. The van der Waals surface area contributed by atoms with E-state index >= 15 is 0 Å². The van der Waals surface area contributed by atoms with Crippen molar-refractivity contribution >= 4 is 17.7 Å². The molecule has 36 heavy (non-hydrogen) atoms. The minimum atomic E-state index is -1.06. The van der Waals surface area contributed by atoms with Gasteiger partial charge in [-0.05, 0) is 37.3 Å². The van der Waals surface area contributed by atoms with E-state index in [0.717, 1.165) is 11.1 Å². The molecule has 2 aromatic carbocycles. The van der Waals surface area contributed by atoms with Gasteiger partial charge in [-0.3, -0.25) is 14.4 Å². The van der Waals surface area contributed by atoms with Crippen molar-refractivity contribution in [3.05, 3.63) is 71.8 Å². The third-order valence-electron chi connectivity index (χ3n) is 7.98. The highest BCUT2D eigenvalue weighted by Crippen LogP contribution is 2.63. The van der Waals surface area contributed by atoms with Crippen LogP contribution in [0.25, 0.3) is 0 Å². The molecule has 2 unspecified atom stereocenters. The number of rotatable bonds is 9. The average Bonchev–Trinajstić information content (AvgIpc) is 3.46. The molecule has 3 heterocycles. The Morgan fingerprint density at radius 1 is 0.972 bits per heavy atom. The summed E-state index contributed by atoms with van der Waals surface area (Å²) in [6.45, 7) is 2.71. The Morgan fingerprint density at radius 2 is 1.56 bits per heavy atom. The number of aliphatic hydroxyl groups excluding tert-OH is 1. The zero-order valence-electron chi connectivity index (χ0n) is 20.5. The van der Waals surface area contributed by atoms with Gasteiger partial charge in [0.2, 0.25) is 17.7 Å². The predicted molar refractivity (Wildman–Crippen MR) is 132 cm³/mol. The second kappa shape index (κ2) is 9.67. The number of benzene rings is 2. The van der Waals surface area contributed by atoms with Crippen molar-refractivity contribution in [3.8, 4) is 0 Å². The fraction of sp³-hybridized carbons (Fsp3) is 0.464. The molecule has 1 spiro atoms. The monoisotopic (exact) mass is 491 g/mol. The van der Waals surface area contributed by atoms with E-state index in [4.69, 9.17) is 4.74 Å². The Bertz CT molecular complexity index is 1130. The number of hydrogen-bond donors (Lipinski definition) is 3. The van der Waals surface area contributed by atoms with Crippen molar-refractivity contribution in [1.82, 2.24) is 15.5 Å². The van der Waals surface area contributed by atoms with E-state index in [1.165, 1.54) is 4.90 Å². The summed E-state index contributed by atoms with van der Waals surface area (Å²) in [6.07, 6.45) is 1.47. The molecule has 3 aliphatic heterocycles. The van der Waals surface area contributed by atoms with Crippen LogP contribution in [-0.2, 0) is 32.2 Å². The minimum Gasteiger partial charge on any atom is -0.396 e. The zero-order valence-corrected chi connectivity index (χ0v) is 20.5. The number of aliphatic hydroxyl groups is 1. The number of hydrogen-bond acceptors (Lipinski definition) is 5. The summed E-state index contributed by atoms with van der Waals surface area (Å²) in [5.74, 6) is -2.19. The molecule has 2 aromatic rings. The Hall–Kier alpha value is -3.23. The standard InChI is InChI=1S/C28H33N3O5/c1-27-13-14-28(36-27)22(21(27)24(33)29-17-19-9-4-2-5-10-19)26(35)31(15-8-16-32)23(28)25(34)30-18-20-11-6-3-7-12-20/h2-7,9-12,21-23,32H,8,13-18H2,1H3,(H,29,33)(H,30,34)/t21-,22+,23?,27+,28?/m1/s1. The Balaban J connectivity index is 1.40. The zero-order chi connectivity index (χ0) is 25.3. The molecule has 0 aliphatic carbocycles. The Morgan fingerprint density at radius 3 is 2.14 bits per heavy atom. The molecule has 5 atom stereocenters. The molecule has 3 fully saturated rings. The number of amides is 3. The fourth-order valence-electron chi connectivity index (χ4n) is 6.39. The molecule has 3 N–H and O–H groups in total. The lowest BCUT2D eigenvalue weighted by Gasteiger charge is -2.33. The van der Waals surface area contributed by atoms with Gasteiger partial charge in [-0.25, -0.2) is 0 Å². The largest absolute Gasteiger partial charge is 0.396 e. The second-order valence-corrected chi connectivity index (χ2v) is 10.2. The van der Waals surface area contributed by atoms with Crippen molar-refractivity contribution < 1.29 is 24.2 Å². The van der Waals surface area contributed by atoms with Gasteiger partial charge in [-0.2, -0.15) is 0 Å². The summed E-state index contributed by atoms with van der Waals surface area (Å²) in [6, 6.07) is 18.3. The van der Waals surface area contributed by atoms with Crippen molar-refractivity contribution in [1.29, 1.82) is 0 Å². The average molecular weight is 492 g/mol. The Kier molecular flexibility index (Phi) is 6.57. The molecule has 0 saturated carbocycles. The third-order valence-corrected chi connectivity index (χ3v) is 7.98. The van der Waals surface area contributed by atoms with Crippen LogP contribution in [0.2, 0.25) is 0 Å². The summed E-state index contributed by atoms with van der Waals surface area (Å²) in [5, 5.41) is 15.4. The molecule has 190 valence electrons. The van der Waals surface area contributed by atoms with E-state index in [2.05, 4.69) is 10.6 Å². The van der Waals surface area contributed by atoms with Gasteiger partial charge in [0.1, 0.15) is 11.6 Å². The number of nitrogens with zero attached hydrogens (tertiary/aromatic N) is 1. The number of likely N-dealkylation sites (tertiary alicyclic amines) is 1. The molecule has 5 rings (SSSR count). The minimum absolute atomic E-state index is 0.0979. The quantitative estimate of drug-likeness (QED) is 0.496. The van der Waals surface area contributed by atoms with Crippen LogP contribution < -0.4 is 10.6 Å². The molecule has 2 bridgehead atoms. The SMILES string of the molecule is C[C@@]12CCC3(O1)C(C(=O)NCc1ccccc1)N(CCCO)C(=O)[C@@H]3[C@@H]2C(=O)NCc1ccccc1. The van der Waals surface area contributed by atoms with Gasteiger partial charge >= 0.3 is 0 Å². The van der Waals surface area contributed by atoms with E-state index < -0.39 is 29.1 Å². The van der Waals surface area contributed by atoms with Crippen molar-refractivity contribution in [2.24, 2.45) is 11.8 Å². The van der Waals surface area contributed by atoms with Crippen LogP contribution >= 0.6 is 0 Å². The maximum absolute atomic E-state index is 13.8. The maximum Gasteiger partial charge on any atom is 0.246 e. The van der Waals surface area contributed by atoms with E-state index in [-0.39, 0.29) is 30.9 Å². The molecule has 3 amide bonds. The topological polar surface area (TPSA) is 108 Å². The van der Waals surface area contributed by atoms with E-state index in [9.17, 15) is 19.5 Å². The molecule has 8 nitrogen and oxygen atoms in total.